The fourth-order valence-electron chi connectivity index (χ4n) is 2.21. The molecule has 0 saturated heterocycles. The number of hydrogen-bond donors (Lipinski definition) is 1. The summed E-state index contributed by atoms with van der Waals surface area (Å²) in [6.45, 7) is 6.59. The summed E-state index contributed by atoms with van der Waals surface area (Å²) >= 11 is 0. The Hall–Kier alpha value is -2.37. The lowest BCUT2D eigenvalue weighted by atomic mass is 10.0. The van der Waals surface area contributed by atoms with Gasteiger partial charge in [-0.2, -0.15) is 15.0 Å². The molecule has 1 aromatic heterocycles. The van der Waals surface area contributed by atoms with Gasteiger partial charge in [-0.05, 0) is 36.6 Å². The number of rotatable bonds is 6. The fourth-order valence-corrected chi connectivity index (χ4v) is 2.21. The van der Waals surface area contributed by atoms with E-state index in [0.29, 0.717) is 12.1 Å². The molecule has 6 heteroatoms. The summed E-state index contributed by atoms with van der Waals surface area (Å²) in [4.78, 5) is 14.0. The monoisotopic (exact) mass is 302 g/mol. The highest BCUT2D eigenvalue weighted by atomic mass is 16.5. The number of carbonyl (C=O) groups is 1. The SMILES string of the molecule is COc1ccc(C(=O)NC(Cn2nccn2)C(C)C)cc1C. The largest absolute Gasteiger partial charge is 0.496 e. The van der Waals surface area contributed by atoms with Crippen LogP contribution in [-0.4, -0.2) is 34.1 Å². The maximum absolute atomic E-state index is 12.4. The third-order valence-electron chi connectivity index (χ3n) is 3.60. The number of ether oxygens (including phenoxy) is 1. The lowest BCUT2D eigenvalue weighted by Gasteiger charge is -2.22. The van der Waals surface area contributed by atoms with Gasteiger partial charge in [-0.3, -0.25) is 4.79 Å². The van der Waals surface area contributed by atoms with Crippen molar-refractivity contribution in [2.75, 3.05) is 7.11 Å². The van der Waals surface area contributed by atoms with E-state index in [0.717, 1.165) is 11.3 Å². The van der Waals surface area contributed by atoms with Crippen LogP contribution in [0, 0.1) is 12.8 Å². The topological polar surface area (TPSA) is 69.0 Å². The molecule has 22 heavy (non-hydrogen) atoms. The molecule has 0 radical (unpaired) electrons. The van der Waals surface area contributed by atoms with Crippen LogP contribution in [0.1, 0.15) is 29.8 Å². The second kappa shape index (κ2) is 7.06. The highest BCUT2D eigenvalue weighted by Crippen LogP contribution is 2.18. The molecule has 1 aromatic carbocycles. The van der Waals surface area contributed by atoms with Gasteiger partial charge in [-0.1, -0.05) is 13.8 Å². The van der Waals surface area contributed by atoms with Crippen LogP contribution >= 0.6 is 0 Å². The summed E-state index contributed by atoms with van der Waals surface area (Å²) in [5, 5.41) is 11.2. The minimum absolute atomic E-state index is 0.0395. The molecule has 0 aliphatic heterocycles. The van der Waals surface area contributed by atoms with E-state index >= 15 is 0 Å². The zero-order valence-corrected chi connectivity index (χ0v) is 13.4. The predicted molar refractivity (Wildman–Crippen MR) is 83.8 cm³/mol. The number of carbonyl (C=O) groups excluding carboxylic acids is 1. The average molecular weight is 302 g/mol. The molecule has 0 fully saturated rings. The number of amides is 1. The second-order valence-electron chi connectivity index (χ2n) is 5.59. The van der Waals surface area contributed by atoms with Gasteiger partial charge in [0.1, 0.15) is 5.75 Å². The van der Waals surface area contributed by atoms with E-state index in [1.165, 1.54) is 0 Å². The first kappa shape index (κ1) is 16.0. The standard InChI is InChI=1S/C16H22N4O2/c1-11(2)14(10-20-17-7-8-18-20)19-16(21)13-5-6-15(22-4)12(3)9-13/h5-9,11,14H,10H2,1-4H3,(H,19,21). The van der Waals surface area contributed by atoms with Crippen LogP contribution < -0.4 is 10.1 Å². The number of nitrogens with one attached hydrogen (secondary N) is 1. The molecule has 0 saturated carbocycles. The molecule has 0 bridgehead atoms. The molecule has 6 nitrogen and oxygen atoms in total. The molecule has 1 atom stereocenters. The van der Waals surface area contributed by atoms with Crippen molar-refractivity contribution in [1.82, 2.24) is 20.3 Å². The molecular formula is C16H22N4O2. The van der Waals surface area contributed by atoms with Crippen molar-refractivity contribution in [2.45, 2.75) is 33.4 Å². The number of hydrogen-bond acceptors (Lipinski definition) is 4. The number of benzene rings is 1. The van der Waals surface area contributed by atoms with Crippen molar-refractivity contribution >= 4 is 5.91 Å². The lowest BCUT2D eigenvalue weighted by Crippen LogP contribution is -2.42. The van der Waals surface area contributed by atoms with Gasteiger partial charge in [0.05, 0.1) is 32.1 Å². The number of aryl methyl sites for hydroxylation is 1. The molecule has 2 rings (SSSR count). The Kier molecular flexibility index (Phi) is 5.14. The first-order chi connectivity index (χ1) is 10.5. The molecule has 1 unspecified atom stereocenters. The van der Waals surface area contributed by atoms with E-state index in [1.807, 2.05) is 19.1 Å². The van der Waals surface area contributed by atoms with E-state index in [9.17, 15) is 4.79 Å². The third kappa shape index (κ3) is 3.84. The Bertz CT molecular complexity index is 623. The molecule has 1 amide bonds. The first-order valence-corrected chi connectivity index (χ1v) is 7.31. The number of methoxy groups -OCH3 is 1. The minimum Gasteiger partial charge on any atom is -0.496 e. The molecule has 2 aromatic rings. The minimum atomic E-state index is -0.100. The van der Waals surface area contributed by atoms with Crippen molar-refractivity contribution in [3.8, 4) is 5.75 Å². The van der Waals surface area contributed by atoms with Gasteiger partial charge in [0, 0.05) is 5.56 Å². The second-order valence-corrected chi connectivity index (χ2v) is 5.59. The summed E-state index contributed by atoms with van der Waals surface area (Å²) in [5.41, 5.74) is 1.56. The number of nitrogens with zero attached hydrogens (tertiary/aromatic N) is 3. The summed E-state index contributed by atoms with van der Waals surface area (Å²) in [5.74, 6) is 0.948. The van der Waals surface area contributed by atoms with Gasteiger partial charge in [-0.15, -0.1) is 0 Å². The molecule has 1 N–H and O–H groups in total. The van der Waals surface area contributed by atoms with Crippen molar-refractivity contribution in [2.24, 2.45) is 5.92 Å². The molecule has 0 aliphatic rings. The Balaban J connectivity index is 2.09. The van der Waals surface area contributed by atoms with E-state index in [4.69, 9.17) is 4.74 Å². The Morgan fingerprint density at radius 2 is 2.00 bits per heavy atom. The van der Waals surface area contributed by atoms with Crippen LogP contribution in [0.4, 0.5) is 0 Å². The van der Waals surface area contributed by atoms with Crippen LogP contribution in [-0.2, 0) is 6.54 Å². The predicted octanol–water partition coefficient (Wildman–Crippen LogP) is 2.05. The highest BCUT2D eigenvalue weighted by Gasteiger charge is 2.19. The van der Waals surface area contributed by atoms with Gasteiger partial charge >= 0.3 is 0 Å². The zero-order chi connectivity index (χ0) is 16.1. The normalized spacial score (nSPS) is 12.2. The third-order valence-corrected chi connectivity index (χ3v) is 3.60. The van der Waals surface area contributed by atoms with E-state index < -0.39 is 0 Å². The van der Waals surface area contributed by atoms with E-state index in [-0.39, 0.29) is 17.9 Å². The summed E-state index contributed by atoms with van der Waals surface area (Å²) < 4.78 is 5.22. The molecule has 0 spiro atoms. The fraction of sp³-hybridized carbons (Fsp3) is 0.438. The Morgan fingerprint density at radius 3 is 2.55 bits per heavy atom. The maximum Gasteiger partial charge on any atom is 0.251 e. The van der Waals surface area contributed by atoms with Crippen molar-refractivity contribution in [1.29, 1.82) is 0 Å². The van der Waals surface area contributed by atoms with E-state index in [1.54, 1.807) is 30.4 Å². The molecular weight excluding hydrogens is 280 g/mol. The van der Waals surface area contributed by atoms with Crippen LogP contribution in [0.2, 0.25) is 0 Å². The van der Waals surface area contributed by atoms with Gasteiger partial charge in [-0.25, -0.2) is 0 Å². The molecule has 1 heterocycles. The lowest BCUT2D eigenvalue weighted by molar-refractivity contribution is 0.0917. The maximum atomic E-state index is 12.4. The number of aromatic nitrogens is 3. The summed E-state index contributed by atoms with van der Waals surface area (Å²) in [6, 6.07) is 5.37. The van der Waals surface area contributed by atoms with Crippen molar-refractivity contribution < 1.29 is 9.53 Å². The Morgan fingerprint density at radius 1 is 1.32 bits per heavy atom. The first-order valence-electron chi connectivity index (χ1n) is 7.31. The zero-order valence-electron chi connectivity index (χ0n) is 13.4. The van der Waals surface area contributed by atoms with Gasteiger partial charge in [0.15, 0.2) is 0 Å². The van der Waals surface area contributed by atoms with Crippen LogP contribution in [0.15, 0.2) is 30.6 Å². The quantitative estimate of drug-likeness (QED) is 0.886. The molecule has 0 aliphatic carbocycles. The van der Waals surface area contributed by atoms with Gasteiger partial charge < -0.3 is 10.1 Å². The van der Waals surface area contributed by atoms with Crippen molar-refractivity contribution in [3.05, 3.63) is 41.7 Å². The average Bonchev–Trinajstić information content (AvgIpc) is 2.99. The molecule has 118 valence electrons. The van der Waals surface area contributed by atoms with Gasteiger partial charge in [0.25, 0.3) is 5.91 Å². The highest BCUT2D eigenvalue weighted by molar-refractivity contribution is 5.94. The summed E-state index contributed by atoms with van der Waals surface area (Å²) in [6.07, 6.45) is 3.26. The van der Waals surface area contributed by atoms with Crippen LogP contribution in [0.3, 0.4) is 0 Å². The van der Waals surface area contributed by atoms with E-state index in [2.05, 4.69) is 29.4 Å². The smallest absolute Gasteiger partial charge is 0.251 e. The van der Waals surface area contributed by atoms with Crippen LogP contribution in [0.5, 0.6) is 5.75 Å². The van der Waals surface area contributed by atoms with Gasteiger partial charge in [0.2, 0.25) is 0 Å². The Labute approximate surface area is 130 Å². The van der Waals surface area contributed by atoms with Crippen molar-refractivity contribution in [3.63, 3.8) is 0 Å². The van der Waals surface area contributed by atoms with Crippen LogP contribution in [0.25, 0.3) is 0 Å². The summed E-state index contributed by atoms with van der Waals surface area (Å²) in [7, 11) is 1.62.